The van der Waals surface area contributed by atoms with Gasteiger partial charge in [0, 0.05) is 49.1 Å². The predicted octanol–water partition coefficient (Wildman–Crippen LogP) is 3.46. The van der Waals surface area contributed by atoms with Crippen LogP contribution in [0.3, 0.4) is 0 Å². The Bertz CT molecular complexity index is 985. The molecule has 2 aromatic heterocycles. The van der Waals surface area contributed by atoms with E-state index in [-0.39, 0.29) is 0 Å². The maximum Gasteiger partial charge on any atom is 0.169 e. The Labute approximate surface area is 173 Å². The highest BCUT2D eigenvalue weighted by molar-refractivity contribution is 7.10. The lowest BCUT2D eigenvalue weighted by Crippen LogP contribution is -2.52. The number of piperazine rings is 1. The molecule has 8 heteroatoms. The second kappa shape index (κ2) is 7.18. The molecule has 0 radical (unpaired) electrons. The fourth-order valence-electron chi connectivity index (χ4n) is 4.69. The minimum Gasteiger partial charge on any atom is -0.512 e. The molecular weight excluding hydrogens is 384 g/mol. The van der Waals surface area contributed by atoms with Crippen molar-refractivity contribution in [3.8, 4) is 0 Å². The first-order chi connectivity index (χ1) is 14.1. The van der Waals surface area contributed by atoms with E-state index in [9.17, 15) is 5.11 Å². The third-order valence-corrected chi connectivity index (χ3v) is 6.89. The van der Waals surface area contributed by atoms with Crippen LogP contribution in [-0.2, 0) is 0 Å². The van der Waals surface area contributed by atoms with Crippen LogP contribution in [0.25, 0.3) is 11.3 Å². The molecule has 2 atom stereocenters. The third-order valence-electron chi connectivity index (χ3n) is 6.07. The summed E-state index contributed by atoms with van der Waals surface area (Å²) in [6.45, 7) is 6.08. The normalized spacial score (nSPS) is 23.7. The fraction of sp³-hybridized carbons (Fsp3) is 0.381. The van der Waals surface area contributed by atoms with Gasteiger partial charge in [-0.3, -0.25) is 4.98 Å². The fourth-order valence-corrected chi connectivity index (χ4v) is 5.29. The standard InChI is InChI=1S/C21H24N6OS/c1-13(20-9-23-12-29-20)27-14-6-7-15(27)11-26(10-14)18-8-17(24-25-21(18)22)16-4-2-3-5-19(16)28/h2,4,8-9,12,14-15,28H,1,3,5-7,10-11H2,(H2,22,25). The summed E-state index contributed by atoms with van der Waals surface area (Å²) < 4.78 is 0. The smallest absolute Gasteiger partial charge is 0.169 e. The minimum absolute atomic E-state index is 0.364. The number of fused-ring (bicyclic) bond motifs is 2. The molecule has 1 aliphatic carbocycles. The summed E-state index contributed by atoms with van der Waals surface area (Å²) in [5.74, 6) is 0.797. The molecule has 2 aromatic rings. The van der Waals surface area contributed by atoms with E-state index >= 15 is 0 Å². The van der Waals surface area contributed by atoms with Crippen LogP contribution in [0, 0.1) is 0 Å². The van der Waals surface area contributed by atoms with Crippen molar-refractivity contribution in [2.75, 3.05) is 23.7 Å². The number of thiazole rings is 1. The number of aliphatic hydroxyl groups excluding tert-OH is 1. The third kappa shape index (κ3) is 3.17. The van der Waals surface area contributed by atoms with Gasteiger partial charge in [0.15, 0.2) is 5.82 Å². The largest absolute Gasteiger partial charge is 0.512 e. The Hall–Kier alpha value is -2.87. The van der Waals surface area contributed by atoms with Crippen molar-refractivity contribution in [3.63, 3.8) is 0 Å². The lowest BCUT2D eigenvalue weighted by Gasteiger charge is -2.44. The molecule has 3 aliphatic rings. The Morgan fingerprint density at radius 3 is 2.72 bits per heavy atom. The quantitative estimate of drug-likeness (QED) is 0.800. The highest BCUT2D eigenvalue weighted by Gasteiger charge is 2.41. The van der Waals surface area contributed by atoms with E-state index in [4.69, 9.17) is 5.73 Å². The lowest BCUT2D eigenvalue weighted by molar-refractivity contribution is 0.261. The van der Waals surface area contributed by atoms with Crippen LogP contribution in [0.1, 0.15) is 36.3 Å². The SMILES string of the molecule is C=C(c1cncs1)N1C2CCC1CN(c1cc(C3=C(O)CCC=C3)nnc1N)C2. The molecule has 0 saturated carbocycles. The molecule has 0 amide bonds. The molecule has 150 valence electrons. The average Bonchev–Trinajstić information content (AvgIpc) is 3.35. The van der Waals surface area contributed by atoms with Crippen LogP contribution >= 0.6 is 11.3 Å². The highest BCUT2D eigenvalue weighted by Crippen LogP contribution is 2.40. The Morgan fingerprint density at radius 1 is 1.24 bits per heavy atom. The zero-order chi connectivity index (χ0) is 20.0. The first-order valence-electron chi connectivity index (χ1n) is 9.95. The lowest BCUT2D eigenvalue weighted by atomic mass is 10.0. The summed E-state index contributed by atoms with van der Waals surface area (Å²) in [6.07, 6.45) is 9.63. The molecule has 2 aliphatic heterocycles. The maximum absolute atomic E-state index is 10.3. The Balaban J connectivity index is 1.41. The predicted molar refractivity (Wildman–Crippen MR) is 116 cm³/mol. The van der Waals surface area contributed by atoms with Gasteiger partial charge in [-0.1, -0.05) is 18.7 Å². The first-order valence-corrected chi connectivity index (χ1v) is 10.8. The van der Waals surface area contributed by atoms with Crippen molar-refractivity contribution in [2.24, 2.45) is 0 Å². The molecule has 5 rings (SSSR count). The van der Waals surface area contributed by atoms with Gasteiger partial charge >= 0.3 is 0 Å². The molecule has 2 unspecified atom stereocenters. The number of aromatic nitrogens is 3. The van der Waals surface area contributed by atoms with Crippen LogP contribution in [-0.4, -0.2) is 50.4 Å². The minimum atomic E-state index is 0.364. The van der Waals surface area contributed by atoms with Crippen molar-refractivity contribution in [3.05, 3.63) is 52.8 Å². The van der Waals surface area contributed by atoms with E-state index in [2.05, 4.69) is 37.6 Å². The van der Waals surface area contributed by atoms with Gasteiger partial charge in [-0.25, -0.2) is 0 Å². The van der Waals surface area contributed by atoms with E-state index in [1.807, 2.05) is 23.8 Å². The van der Waals surface area contributed by atoms with Gasteiger partial charge < -0.3 is 20.6 Å². The number of nitrogens with two attached hydrogens (primary N) is 1. The number of nitrogen functional groups attached to an aromatic ring is 1. The van der Waals surface area contributed by atoms with E-state index in [0.717, 1.165) is 54.2 Å². The number of nitrogens with zero attached hydrogens (tertiary/aromatic N) is 5. The molecule has 3 N–H and O–H groups in total. The summed E-state index contributed by atoms with van der Waals surface area (Å²) in [5.41, 5.74) is 11.5. The molecule has 7 nitrogen and oxygen atoms in total. The summed E-state index contributed by atoms with van der Waals surface area (Å²) in [6, 6.07) is 2.75. The van der Waals surface area contributed by atoms with Crippen molar-refractivity contribution in [1.82, 2.24) is 20.1 Å². The summed E-state index contributed by atoms with van der Waals surface area (Å²) in [5, 5.41) is 18.7. The second-order valence-electron chi connectivity index (χ2n) is 7.81. The molecule has 29 heavy (non-hydrogen) atoms. The van der Waals surface area contributed by atoms with Crippen LogP contribution in [0.5, 0.6) is 0 Å². The van der Waals surface area contributed by atoms with Crippen molar-refractivity contribution < 1.29 is 5.11 Å². The molecular formula is C21H24N6OS. The zero-order valence-electron chi connectivity index (χ0n) is 16.2. The number of hydrogen-bond acceptors (Lipinski definition) is 8. The van der Waals surface area contributed by atoms with E-state index < -0.39 is 0 Å². The van der Waals surface area contributed by atoms with Gasteiger partial charge in [-0.05, 0) is 25.3 Å². The maximum atomic E-state index is 10.3. The molecule has 0 spiro atoms. The highest BCUT2D eigenvalue weighted by atomic mass is 32.1. The van der Waals surface area contributed by atoms with Crippen LogP contribution in [0.4, 0.5) is 11.5 Å². The topological polar surface area (TPSA) is 91.4 Å². The number of aliphatic hydroxyl groups is 1. The average molecular weight is 409 g/mol. The molecule has 2 bridgehead atoms. The molecule has 2 fully saturated rings. The molecule has 2 saturated heterocycles. The van der Waals surface area contributed by atoms with Gasteiger partial charge in [0.1, 0.15) is 5.76 Å². The van der Waals surface area contributed by atoms with Crippen LogP contribution in [0.15, 0.2) is 42.3 Å². The van der Waals surface area contributed by atoms with Crippen molar-refractivity contribution in [2.45, 2.75) is 37.8 Å². The molecule has 4 heterocycles. The van der Waals surface area contributed by atoms with Crippen molar-refractivity contribution in [1.29, 1.82) is 0 Å². The van der Waals surface area contributed by atoms with Gasteiger partial charge in [0.2, 0.25) is 0 Å². The van der Waals surface area contributed by atoms with Gasteiger partial charge in [-0.2, -0.15) is 0 Å². The first kappa shape index (κ1) is 18.2. The van der Waals surface area contributed by atoms with E-state index in [1.54, 1.807) is 11.3 Å². The Kier molecular flexibility index (Phi) is 4.50. The number of allylic oxidation sites excluding steroid dienone is 4. The van der Waals surface area contributed by atoms with E-state index in [1.165, 1.54) is 0 Å². The van der Waals surface area contributed by atoms with Crippen LogP contribution in [0.2, 0.25) is 0 Å². The van der Waals surface area contributed by atoms with Gasteiger partial charge in [0.05, 0.1) is 21.8 Å². The van der Waals surface area contributed by atoms with Gasteiger partial charge in [-0.15, -0.1) is 21.5 Å². The second-order valence-corrected chi connectivity index (χ2v) is 8.70. The zero-order valence-corrected chi connectivity index (χ0v) is 17.0. The number of hydrogen-bond donors (Lipinski definition) is 2. The summed E-state index contributed by atoms with van der Waals surface area (Å²) in [7, 11) is 0. The monoisotopic (exact) mass is 408 g/mol. The van der Waals surface area contributed by atoms with E-state index in [0.29, 0.717) is 35.8 Å². The summed E-state index contributed by atoms with van der Waals surface area (Å²) in [4.78, 5) is 10.1. The Morgan fingerprint density at radius 2 is 2.03 bits per heavy atom. The number of anilines is 2. The number of rotatable bonds is 4. The molecule has 0 aromatic carbocycles. The van der Waals surface area contributed by atoms with Crippen molar-refractivity contribution >= 4 is 34.1 Å². The van der Waals surface area contributed by atoms with Crippen LogP contribution < -0.4 is 10.6 Å². The summed E-state index contributed by atoms with van der Waals surface area (Å²) >= 11 is 1.63. The van der Waals surface area contributed by atoms with Gasteiger partial charge in [0.25, 0.3) is 0 Å².